The normalized spacial score (nSPS) is 21.1. The zero-order valence-electron chi connectivity index (χ0n) is 21.4. The smallest absolute Gasteiger partial charge is 0.278 e. The van der Waals surface area contributed by atoms with Gasteiger partial charge in [0.05, 0.1) is 30.1 Å². The minimum Gasteiger partial charge on any atom is -0.464 e. The molecule has 0 saturated carbocycles. The third kappa shape index (κ3) is 6.72. The van der Waals surface area contributed by atoms with Crippen molar-refractivity contribution in [1.29, 1.82) is 0 Å². The van der Waals surface area contributed by atoms with E-state index in [1.165, 1.54) is 11.3 Å². The Hall–Kier alpha value is -2.43. The Morgan fingerprint density at radius 1 is 1.27 bits per heavy atom. The standard InChI is InChI=1S/C27H34F2N4O3S/c1-27(28,29)17-36-26-31-22-8-11-33(12-9-25(22)37-26)10-7-21-6-3-18(16-35-21)13-24(34)19-4-5-20-15-30-32(2)23(20)14-19/h4-5,14-15,18,21H,3,6-13,16-17H2,1-2H3/t18-,21-/m1/s1. The van der Waals surface area contributed by atoms with Gasteiger partial charge < -0.3 is 14.4 Å². The molecule has 37 heavy (non-hydrogen) atoms. The van der Waals surface area contributed by atoms with Crippen molar-refractivity contribution in [1.82, 2.24) is 19.7 Å². The molecule has 10 heteroatoms. The Morgan fingerprint density at radius 2 is 2.11 bits per heavy atom. The number of halogens is 2. The minimum absolute atomic E-state index is 0.165. The second kappa shape index (κ2) is 11.1. The van der Waals surface area contributed by atoms with E-state index in [0.29, 0.717) is 18.2 Å². The van der Waals surface area contributed by atoms with E-state index in [-0.39, 0.29) is 17.8 Å². The SMILES string of the molecule is Cn1ncc2ccc(C(=O)C[C@H]3CC[C@H](CCN4CCc5nc(OCC(C)(F)F)sc5CC4)OC3)cc21. The molecule has 200 valence electrons. The highest BCUT2D eigenvalue weighted by atomic mass is 32.1. The van der Waals surface area contributed by atoms with Gasteiger partial charge in [0.2, 0.25) is 0 Å². The lowest BCUT2D eigenvalue weighted by molar-refractivity contribution is -0.0242. The number of benzene rings is 1. The molecule has 7 nitrogen and oxygen atoms in total. The van der Waals surface area contributed by atoms with Crippen molar-refractivity contribution in [3.05, 3.63) is 40.5 Å². The maximum atomic E-state index is 13.1. The van der Waals surface area contributed by atoms with Crippen molar-refractivity contribution in [3.63, 3.8) is 0 Å². The molecular weight excluding hydrogens is 498 g/mol. The van der Waals surface area contributed by atoms with Crippen LogP contribution in [-0.4, -0.2) is 70.3 Å². The summed E-state index contributed by atoms with van der Waals surface area (Å²) in [5.74, 6) is -2.43. The number of ether oxygens (including phenoxy) is 2. The number of hydrogen-bond acceptors (Lipinski definition) is 7. The average molecular weight is 533 g/mol. The minimum atomic E-state index is -2.86. The van der Waals surface area contributed by atoms with E-state index in [2.05, 4.69) is 15.0 Å². The van der Waals surface area contributed by atoms with Crippen LogP contribution in [0.5, 0.6) is 5.19 Å². The number of alkyl halides is 2. The van der Waals surface area contributed by atoms with Crippen molar-refractivity contribution in [2.75, 3.05) is 32.8 Å². The molecule has 0 N–H and O–H groups in total. The lowest BCUT2D eigenvalue weighted by atomic mass is 9.90. The average Bonchev–Trinajstić information content (AvgIpc) is 3.39. The van der Waals surface area contributed by atoms with Crippen molar-refractivity contribution < 1.29 is 23.0 Å². The number of carbonyl (C=O) groups excluding carboxylic acids is 1. The first-order chi connectivity index (χ1) is 17.7. The molecule has 2 aromatic heterocycles. The highest BCUT2D eigenvalue weighted by molar-refractivity contribution is 7.13. The molecule has 3 aromatic rings. The van der Waals surface area contributed by atoms with E-state index in [1.54, 1.807) is 4.68 Å². The Bertz CT molecular complexity index is 1200. The van der Waals surface area contributed by atoms with Crippen LogP contribution < -0.4 is 4.74 Å². The molecule has 1 saturated heterocycles. The first-order valence-electron chi connectivity index (χ1n) is 13.0. The van der Waals surface area contributed by atoms with Crippen LogP contribution >= 0.6 is 11.3 Å². The number of nitrogens with zero attached hydrogens (tertiary/aromatic N) is 4. The van der Waals surface area contributed by atoms with Gasteiger partial charge in [0.25, 0.3) is 11.1 Å². The molecule has 0 spiro atoms. The van der Waals surface area contributed by atoms with Crippen LogP contribution in [-0.2, 0) is 24.6 Å². The van der Waals surface area contributed by atoms with Crippen LogP contribution in [0.25, 0.3) is 10.9 Å². The fraction of sp³-hybridized carbons (Fsp3) is 0.593. The molecule has 4 heterocycles. The van der Waals surface area contributed by atoms with Crippen LogP contribution in [0.15, 0.2) is 24.4 Å². The molecule has 1 aromatic carbocycles. The topological polar surface area (TPSA) is 69.5 Å². The number of hydrogen-bond donors (Lipinski definition) is 0. The summed E-state index contributed by atoms with van der Waals surface area (Å²) in [6, 6.07) is 5.79. The fourth-order valence-corrected chi connectivity index (χ4v) is 6.08. The zero-order valence-corrected chi connectivity index (χ0v) is 22.2. The van der Waals surface area contributed by atoms with E-state index in [9.17, 15) is 13.6 Å². The van der Waals surface area contributed by atoms with Gasteiger partial charge in [-0.25, -0.2) is 13.8 Å². The van der Waals surface area contributed by atoms with Crippen LogP contribution in [0.2, 0.25) is 0 Å². The fourth-order valence-electron chi connectivity index (χ4n) is 5.13. The zero-order chi connectivity index (χ0) is 26.0. The summed E-state index contributed by atoms with van der Waals surface area (Å²) in [7, 11) is 1.89. The summed E-state index contributed by atoms with van der Waals surface area (Å²) in [5.41, 5.74) is 2.69. The van der Waals surface area contributed by atoms with Crippen molar-refractivity contribution in [2.24, 2.45) is 13.0 Å². The van der Waals surface area contributed by atoms with Gasteiger partial charge in [-0.2, -0.15) is 5.10 Å². The van der Waals surface area contributed by atoms with Gasteiger partial charge in [-0.15, -0.1) is 0 Å². The lowest BCUT2D eigenvalue weighted by Crippen LogP contribution is -2.33. The summed E-state index contributed by atoms with van der Waals surface area (Å²) in [6.45, 7) is 3.62. The molecule has 5 rings (SSSR count). The number of Topliss-reactive ketones (excluding diaryl/α,β-unsaturated/α-hetero) is 1. The molecule has 0 unspecified atom stereocenters. The van der Waals surface area contributed by atoms with E-state index in [0.717, 1.165) is 85.7 Å². The van der Waals surface area contributed by atoms with Crippen LogP contribution in [0.3, 0.4) is 0 Å². The summed E-state index contributed by atoms with van der Waals surface area (Å²) in [4.78, 5) is 20.9. The maximum absolute atomic E-state index is 13.1. The Kier molecular flexibility index (Phi) is 7.88. The van der Waals surface area contributed by atoms with Gasteiger partial charge in [0, 0.05) is 62.3 Å². The molecular formula is C27H34F2N4O3S. The Labute approximate surface area is 219 Å². The van der Waals surface area contributed by atoms with Gasteiger partial charge in [-0.05, 0) is 37.7 Å². The first kappa shape index (κ1) is 26.2. The van der Waals surface area contributed by atoms with E-state index in [4.69, 9.17) is 9.47 Å². The third-order valence-electron chi connectivity index (χ3n) is 7.30. The molecule has 0 bridgehead atoms. The molecule has 0 radical (unpaired) electrons. The number of ketones is 1. The van der Waals surface area contributed by atoms with Crippen molar-refractivity contribution in [3.8, 4) is 5.19 Å². The van der Waals surface area contributed by atoms with Gasteiger partial charge >= 0.3 is 0 Å². The van der Waals surface area contributed by atoms with Crippen LogP contribution in [0, 0.1) is 5.92 Å². The summed E-state index contributed by atoms with van der Waals surface area (Å²) >= 11 is 1.39. The maximum Gasteiger partial charge on any atom is 0.278 e. The van der Waals surface area contributed by atoms with E-state index in [1.807, 2.05) is 31.4 Å². The number of rotatable bonds is 9. The molecule has 0 aliphatic carbocycles. The Balaban J connectivity index is 1.03. The molecule has 2 atom stereocenters. The summed E-state index contributed by atoms with van der Waals surface area (Å²) in [6.07, 6.45) is 7.17. The van der Waals surface area contributed by atoms with Gasteiger partial charge in [-0.3, -0.25) is 9.48 Å². The first-order valence-corrected chi connectivity index (χ1v) is 13.8. The van der Waals surface area contributed by atoms with E-state index >= 15 is 0 Å². The number of fused-ring (bicyclic) bond motifs is 2. The predicted molar refractivity (Wildman–Crippen MR) is 139 cm³/mol. The Morgan fingerprint density at radius 3 is 2.89 bits per heavy atom. The van der Waals surface area contributed by atoms with Gasteiger partial charge in [0.1, 0.15) is 0 Å². The highest BCUT2D eigenvalue weighted by Crippen LogP contribution is 2.30. The van der Waals surface area contributed by atoms with Crippen LogP contribution in [0.1, 0.15) is 53.5 Å². The largest absolute Gasteiger partial charge is 0.464 e. The second-order valence-electron chi connectivity index (χ2n) is 10.4. The predicted octanol–water partition coefficient (Wildman–Crippen LogP) is 4.92. The number of thiazole rings is 1. The van der Waals surface area contributed by atoms with E-state index < -0.39 is 12.5 Å². The second-order valence-corrected chi connectivity index (χ2v) is 11.5. The lowest BCUT2D eigenvalue weighted by Gasteiger charge is -2.30. The number of carbonyl (C=O) groups is 1. The summed E-state index contributed by atoms with van der Waals surface area (Å²) < 4.78 is 39.3. The van der Waals surface area contributed by atoms with Crippen molar-refractivity contribution in [2.45, 2.75) is 57.5 Å². The molecule has 0 amide bonds. The quantitative estimate of drug-likeness (QED) is 0.365. The summed E-state index contributed by atoms with van der Waals surface area (Å²) in [5, 5.41) is 5.64. The number of aryl methyl sites for hydroxylation is 1. The molecule has 1 fully saturated rings. The van der Waals surface area contributed by atoms with Crippen molar-refractivity contribution >= 4 is 28.0 Å². The highest BCUT2D eigenvalue weighted by Gasteiger charge is 2.27. The molecule has 2 aliphatic rings. The number of aromatic nitrogens is 3. The van der Waals surface area contributed by atoms with Gasteiger partial charge in [0.15, 0.2) is 12.4 Å². The van der Waals surface area contributed by atoms with Gasteiger partial charge in [-0.1, -0.05) is 23.5 Å². The monoisotopic (exact) mass is 532 g/mol. The molecule has 2 aliphatic heterocycles. The third-order valence-corrected chi connectivity index (χ3v) is 8.37. The van der Waals surface area contributed by atoms with Crippen LogP contribution in [0.4, 0.5) is 8.78 Å².